The van der Waals surface area contributed by atoms with Crippen molar-refractivity contribution >= 4 is 23.1 Å². The molecule has 2 N–H and O–H groups in total. The van der Waals surface area contributed by atoms with Crippen LogP contribution in [-0.2, 0) is 23.9 Å². The van der Waals surface area contributed by atoms with Gasteiger partial charge in [0.15, 0.2) is 5.78 Å². The number of halogens is 1. The monoisotopic (exact) mass is 422 g/mol. The summed E-state index contributed by atoms with van der Waals surface area (Å²) in [4.78, 5) is 50.4. The Morgan fingerprint density at radius 1 is 1.20 bits per heavy atom. The lowest BCUT2D eigenvalue weighted by atomic mass is 9.43. The lowest BCUT2D eigenvalue weighted by molar-refractivity contribution is -0.181. The van der Waals surface area contributed by atoms with Crippen molar-refractivity contribution in [1.29, 1.82) is 0 Å². The van der Waals surface area contributed by atoms with Gasteiger partial charge in [0.2, 0.25) is 11.6 Å². The highest BCUT2D eigenvalue weighted by Crippen LogP contribution is 2.76. The van der Waals surface area contributed by atoms with Crippen molar-refractivity contribution in [3.63, 3.8) is 0 Å². The number of ether oxygens (including phenoxy) is 1. The zero-order valence-corrected chi connectivity index (χ0v) is 17.3. The van der Waals surface area contributed by atoms with Gasteiger partial charge in [-0.3, -0.25) is 19.2 Å². The fourth-order valence-electron chi connectivity index (χ4n) is 8.26. The lowest BCUT2D eigenvalue weighted by Gasteiger charge is -2.57. The summed E-state index contributed by atoms with van der Waals surface area (Å²) in [6, 6.07) is 0. The minimum atomic E-state index is -1.77. The number of ketones is 4. The number of aliphatic hydroxyl groups is 2. The molecule has 0 aromatic heterocycles. The van der Waals surface area contributed by atoms with Crippen molar-refractivity contribution in [3.8, 4) is 0 Å². The van der Waals surface area contributed by atoms with Crippen LogP contribution < -0.4 is 0 Å². The van der Waals surface area contributed by atoms with Crippen molar-refractivity contribution < 1.29 is 38.5 Å². The molecule has 0 amide bonds. The standard InChI is InChI=1S/C22H27FO7/c1-9-4-10-11-5-12(23)17-18(28)13(25)6-14(26)20(17,3)22(11)16(30-22)7-19(10,2)21(9,29)15(27)8-24/h9-12,16-17,24,29H,4-8H2,1-3H3/t9?,10-,11-,12?,16?,17?,19-,20-,21-,22-/m0/s1. The van der Waals surface area contributed by atoms with E-state index in [0.717, 1.165) is 0 Å². The zero-order chi connectivity index (χ0) is 22.0. The fourth-order valence-corrected chi connectivity index (χ4v) is 8.26. The smallest absolute Gasteiger partial charge is 0.206 e. The van der Waals surface area contributed by atoms with E-state index >= 15 is 4.39 Å². The van der Waals surface area contributed by atoms with Crippen LogP contribution >= 0.6 is 0 Å². The third-order valence-electron chi connectivity index (χ3n) is 9.71. The first-order valence-electron chi connectivity index (χ1n) is 10.7. The van der Waals surface area contributed by atoms with Crippen molar-refractivity contribution in [3.05, 3.63) is 0 Å². The van der Waals surface area contributed by atoms with Crippen molar-refractivity contribution in [2.24, 2.45) is 34.5 Å². The lowest BCUT2D eigenvalue weighted by Crippen LogP contribution is -2.69. The molecular formula is C22H27FO7. The summed E-state index contributed by atoms with van der Waals surface area (Å²) in [5.41, 5.74) is -5.19. The molecule has 4 aliphatic carbocycles. The van der Waals surface area contributed by atoms with Gasteiger partial charge < -0.3 is 14.9 Å². The van der Waals surface area contributed by atoms with Crippen LogP contribution in [0.4, 0.5) is 4.39 Å². The molecule has 10 atom stereocenters. The molecule has 164 valence electrons. The molecule has 0 bridgehead atoms. The van der Waals surface area contributed by atoms with Crippen LogP contribution in [0, 0.1) is 34.5 Å². The van der Waals surface area contributed by atoms with Gasteiger partial charge in [-0.2, -0.15) is 0 Å². The van der Waals surface area contributed by atoms with E-state index in [2.05, 4.69) is 0 Å². The molecule has 1 aliphatic heterocycles. The molecule has 0 radical (unpaired) electrons. The van der Waals surface area contributed by atoms with E-state index in [-0.39, 0.29) is 18.8 Å². The minimum absolute atomic E-state index is 0.0561. The fraction of sp³-hybridized carbons (Fsp3) is 0.818. The van der Waals surface area contributed by atoms with Crippen LogP contribution in [-0.4, -0.2) is 63.4 Å². The number of aliphatic hydroxyl groups excluding tert-OH is 1. The number of carbonyl (C=O) groups is 4. The number of Topliss-reactive ketones (excluding diaryl/α,β-unsaturated/α-hetero) is 4. The van der Waals surface area contributed by atoms with Gasteiger partial charge in [-0.25, -0.2) is 4.39 Å². The predicted octanol–water partition coefficient (Wildman–Crippen LogP) is 0.574. The molecule has 4 saturated carbocycles. The first-order chi connectivity index (χ1) is 13.9. The molecule has 1 saturated heterocycles. The predicted molar refractivity (Wildman–Crippen MR) is 98.9 cm³/mol. The van der Waals surface area contributed by atoms with Crippen molar-refractivity contribution in [1.82, 2.24) is 0 Å². The molecule has 8 heteroatoms. The number of alkyl halides is 1. The summed E-state index contributed by atoms with van der Waals surface area (Å²) >= 11 is 0. The number of fused-ring (bicyclic) bond motifs is 3. The molecule has 0 aromatic rings. The molecule has 4 unspecified atom stereocenters. The van der Waals surface area contributed by atoms with E-state index in [1.165, 1.54) is 0 Å². The van der Waals surface area contributed by atoms with Gasteiger partial charge in [0.25, 0.3) is 0 Å². The highest BCUT2D eigenvalue weighted by molar-refractivity contribution is 6.44. The second-order valence-corrected chi connectivity index (χ2v) is 10.5. The molecule has 1 heterocycles. The minimum Gasteiger partial charge on any atom is -0.388 e. The van der Waals surface area contributed by atoms with Crippen LogP contribution in [0.15, 0.2) is 0 Å². The Kier molecular flexibility index (Phi) is 3.83. The summed E-state index contributed by atoms with van der Waals surface area (Å²) < 4.78 is 21.6. The van der Waals surface area contributed by atoms with Crippen LogP contribution in [0.25, 0.3) is 0 Å². The molecular weight excluding hydrogens is 395 g/mol. The van der Waals surface area contributed by atoms with Crippen molar-refractivity contribution in [2.45, 2.75) is 69.9 Å². The maximum atomic E-state index is 15.5. The highest BCUT2D eigenvalue weighted by Gasteiger charge is 2.86. The number of hydrogen-bond donors (Lipinski definition) is 2. The van der Waals surface area contributed by atoms with E-state index in [4.69, 9.17) is 4.74 Å². The molecule has 5 rings (SSSR count). The first kappa shape index (κ1) is 20.4. The van der Waals surface area contributed by atoms with Crippen LogP contribution in [0.1, 0.15) is 46.5 Å². The van der Waals surface area contributed by atoms with Gasteiger partial charge >= 0.3 is 0 Å². The number of rotatable bonds is 2. The van der Waals surface area contributed by atoms with Crippen LogP contribution in [0.2, 0.25) is 0 Å². The topological polar surface area (TPSA) is 121 Å². The normalized spacial score (nSPS) is 56.7. The summed E-state index contributed by atoms with van der Waals surface area (Å²) in [5.74, 6) is -5.34. The molecule has 30 heavy (non-hydrogen) atoms. The third-order valence-corrected chi connectivity index (χ3v) is 9.71. The van der Waals surface area contributed by atoms with E-state index in [1.54, 1.807) is 20.8 Å². The Bertz CT molecular complexity index is 902. The molecule has 1 spiro atoms. The van der Waals surface area contributed by atoms with Gasteiger partial charge in [-0.05, 0) is 43.9 Å². The second kappa shape index (κ2) is 5.64. The largest absolute Gasteiger partial charge is 0.388 e. The summed E-state index contributed by atoms with van der Waals surface area (Å²) in [5, 5.41) is 21.0. The van der Waals surface area contributed by atoms with Gasteiger partial charge in [0.05, 0.1) is 23.9 Å². The van der Waals surface area contributed by atoms with Crippen LogP contribution in [0.3, 0.4) is 0 Å². The van der Waals surface area contributed by atoms with Gasteiger partial charge in [-0.1, -0.05) is 13.8 Å². The van der Waals surface area contributed by atoms with E-state index < -0.39 is 88.2 Å². The summed E-state index contributed by atoms with van der Waals surface area (Å²) in [6.45, 7) is 4.32. The van der Waals surface area contributed by atoms with E-state index in [0.29, 0.717) is 6.42 Å². The van der Waals surface area contributed by atoms with Crippen molar-refractivity contribution in [2.75, 3.05) is 6.61 Å². The third kappa shape index (κ3) is 1.85. The average Bonchev–Trinajstić information content (AvgIpc) is 3.36. The Labute approximate surface area is 173 Å². The number of epoxide rings is 1. The Morgan fingerprint density at radius 3 is 2.50 bits per heavy atom. The van der Waals surface area contributed by atoms with Gasteiger partial charge in [0.1, 0.15) is 29.8 Å². The Morgan fingerprint density at radius 2 is 1.87 bits per heavy atom. The molecule has 5 aliphatic rings. The van der Waals surface area contributed by atoms with E-state index in [1.807, 2.05) is 0 Å². The first-order valence-corrected chi connectivity index (χ1v) is 10.7. The number of hydrogen-bond acceptors (Lipinski definition) is 7. The molecule has 7 nitrogen and oxygen atoms in total. The van der Waals surface area contributed by atoms with Gasteiger partial charge in [-0.15, -0.1) is 0 Å². The maximum absolute atomic E-state index is 15.5. The highest BCUT2D eigenvalue weighted by atomic mass is 19.1. The van der Waals surface area contributed by atoms with E-state index in [9.17, 15) is 29.4 Å². The summed E-state index contributed by atoms with van der Waals surface area (Å²) in [7, 11) is 0. The quantitative estimate of drug-likeness (QED) is 0.379. The average molecular weight is 422 g/mol. The van der Waals surface area contributed by atoms with Gasteiger partial charge in [0, 0.05) is 5.41 Å². The maximum Gasteiger partial charge on any atom is 0.206 e. The Balaban J connectivity index is 1.63. The molecule has 5 fully saturated rings. The number of carbonyl (C=O) groups excluding carboxylic acids is 4. The Hall–Kier alpha value is -1.51. The zero-order valence-electron chi connectivity index (χ0n) is 17.3. The SMILES string of the molecule is CC1C[C@H]2[C@@H]3CC(F)C4C(=O)C(=O)CC(=O)[C@]4(C)[C@]34OC4C[C@]2(C)[C@@]1(O)C(=O)CO. The molecule has 0 aromatic carbocycles. The summed E-state index contributed by atoms with van der Waals surface area (Å²) in [6.07, 6.45) is -2.08. The second-order valence-electron chi connectivity index (χ2n) is 10.5. The van der Waals surface area contributed by atoms with Crippen LogP contribution in [0.5, 0.6) is 0 Å².